The number of hydrogen-bond acceptors (Lipinski definition) is 4. The molecule has 1 unspecified atom stereocenters. The SMILES string of the molecule is CCCNCC(C)COc1cc(OC)cc(OC)c1. The van der Waals surface area contributed by atoms with Crippen molar-refractivity contribution in [1.29, 1.82) is 0 Å². The lowest BCUT2D eigenvalue weighted by molar-refractivity contribution is 0.253. The lowest BCUT2D eigenvalue weighted by atomic mass is 10.2. The molecule has 4 nitrogen and oxygen atoms in total. The lowest BCUT2D eigenvalue weighted by Gasteiger charge is -2.15. The van der Waals surface area contributed by atoms with Gasteiger partial charge in [-0.05, 0) is 13.0 Å². The van der Waals surface area contributed by atoms with Gasteiger partial charge in [0.25, 0.3) is 0 Å². The van der Waals surface area contributed by atoms with Gasteiger partial charge in [0.1, 0.15) is 17.2 Å². The molecule has 1 rings (SSSR count). The smallest absolute Gasteiger partial charge is 0.126 e. The van der Waals surface area contributed by atoms with Crippen molar-refractivity contribution in [1.82, 2.24) is 5.32 Å². The van der Waals surface area contributed by atoms with Crippen molar-refractivity contribution >= 4 is 0 Å². The van der Waals surface area contributed by atoms with Crippen molar-refractivity contribution in [2.45, 2.75) is 20.3 Å². The maximum Gasteiger partial charge on any atom is 0.126 e. The van der Waals surface area contributed by atoms with Crippen LogP contribution in [-0.4, -0.2) is 33.9 Å². The molecule has 0 saturated carbocycles. The Kier molecular flexibility index (Phi) is 7.11. The molecule has 1 aromatic carbocycles. The fourth-order valence-electron chi connectivity index (χ4n) is 1.69. The summed E-state index contributed by atoms with van der Waals surface area (Å²) < 4.78 is 16.2. The Balaban J connectivity index is 2.47. The molecule has 1 atom stereocenters. The summed E-state index contributed by atoms with van der Waals surface area (Å²) in [6, 6.07) is 5.57. The highest BCUT2D eigenvalue weighted by Gasteiger charge is 2.06. The predicted octanol–water partition coefficient (Wildman–Crippen LogP) is 2.72. The van der Waals surface area contributed by atoms with Crippen molar-refractivity contribution in [3.05, 3.63) is 18.2 Å². The molecule has 0 aliphatic heterocycles. The van der Waals surface area contributed by atoms with Gasteiger partial charge in [0.2, 0.25) is 0 Å². The van der Waals surface area contributed by atoms with Crippen molar-refractivity contribution in [2.75, 3.05) is 33.9 Å². The summed E-state index contributed by atoms with van der Waals surface area (Å²) in [4.78, 5) is 0. The Bertz CT molecular complexity index is 346. The number of rotatable bonds is 9. The Morgan fingerprint density at radius 2 is 1.63 bits per heavy atom. The van der Waals surface area contributed by atoms with Crippen molar-refractivity contribution < 1.29 is 14.2 Å². The first-order valence-corrected chi connectivity index (χ1v) is 6.76. The zero-order valence-corrected chi connectivity index (χ0v) is 12.4. The Morgan fingerprint density at radius 1 is 1.05 bits per heavy atom. The van der Waals surface area contributed by atoms with E-state index in [0.29, 0.717) is 12.5 Å². The number of nitrogens with one attached hydrogen (secondary N) is 1. The molecule has 0 aromatic heterocycles. The zero-order valence-electron chi connectivity index (χ0n) is 12.4. The van der Waals surface area contributed by atoms with Crippen LogP contribution in [0.3, 0.4) is 0 Å². The molecule has 108 valence electrons. The van der Waals surface area contributed by atoms with Crippen LogP contribution in [0, 0.1) is 5.92 Å². The van der Waals surface area contributed by atoms with E-state index in [2.05, 4.69) is 19.2 Å². The van der Waals surface area contributed by atoms with Gasteiger partial charge < -0.3 is 19.5 Å². The molecule has 0 aliphatic rings. The van der Waals surface area contributed by atoms with Crippen LogP contribution >= 0.6 is 0 Å². The fraction of sp³-hybridized carbons (Fsp3) is 0.600. The highest BCUT2D eigenvalue weighted by atomic mass is 16.5. The molecule has 1 aromatic rings. The van der Waals surface area contributed by atoms with Gasteiger partial charge in [0.15, 0.2) is 0 Å². The third-order valence-corrected chi connectivity index (χ3v) is 2.78. The van der Waals surface area contributed by atoms with Crippen LogP contribution in [-0.2, 0) is 0 Å². The molecule has 0 saturated heterocycles. The first-order valence-electron chi connectivity index (χ1n) is 6.76. The molecule has 0 fully saturated rings. The van der Waals surface area contributed by atoms with Crippen LogP contribution in [0.25, 0.3) is 0 Å². The van der Waals surface area contributed by atoms with Gasteiger partial charge in [0, 0.05) is 30.7 Å². The summed E-state index contributed by atoms with van der Waals surface area (Å²) in [5.74, 6) is 2.72. The van der Waals surface area contributed by atoms with E-state index >= 15 is 0 Å². The van der Waals surface area contributed by atoms with E-state index in [4.69, 9.17) is 14.2 Å². The van der Waals surface area contributed by atoms with E-state index in [-0.39, 0.29) is 0 Å². The molecule has 0 heterocycles. The summed E-state index contributed by atoms with van der Waals surface area (Å²) in [6.45, 7) is 7.02. The van der Waals surface area contributed by atoms with Gasteiger partial charge in [-0.25, -0.2) is 0 Å². The molecule has 0 spiro atoms. The average molecular weight is 267 g/mol. The number of ether oxygens (including phenoxy) is 3. The largest absolute Gasteiger partial charge is 0.496 e. The number of benzene rings is 1. The Hall–Kier alpha value is -1.42. The van der Waals surface area contributed by atoms with E-state index < -0.39 is 0 Å². The number of hydrogen-bond donors (Lipinski definition) is 1. The molecule has 0 bridgehead atoms. The second kappa shape index (κ2) is 8.64. The van der Waals surface area contributed by atoms with Crippen molar-refractivity contribution in [2.24, 2.45) is 5.92 Å². The van der Waals surface area contributed by atoms with Gasteiger partial charge in [-0.15, -0.1) is 0 Å². The van der Waals surface area contributed by atoms with Crippen LogP contribution in [0.4, 0.5) is 0 Å². The molecule has 0 radical (unpaired) electrons. The number of methoxy groups -OCH3 is 2. The minimum atomic E-state index is 0.462. The first kappa shape index (κ1) is 15.6. The standard InChI is InChI=1S/C15H25NO3/c1-5-6-16-10-12(2)11-19-15-8-13(17-3)7-14(9-15)18-4/h7-9,12,16H,5-6,10-11H2,1-4H3. The minimum Gasteiger partial charge on any atom is -0.496 e. The summed E-state index contributed by atoms with van der Waals surface area (Å²) in [5, 5.41) is 3.39. The van der Waals surface area contributed by atoms with Gasteiger partial charge >= 0.3 is 0 Å². The predicted molar refractivity (Wildman–Crippen MR) is 77.4 cm³/mol. The summed E-state index contributed by atoms with van der Waals surface area (Å²) in [6.07, 6.45) is 1.15. The summed E-state index contributed by atoms with van der Waals surface area (Å²) in [5.41, 5.74) is 0. The second-order valence-corrected chi connectivity index (χ2v) is 4.67. The minimum absolute atomic E-state index is 0.462. The summed E-state index contributed by atoms with van der Waals surface area (Å²) in [7, 11) is 3.27. The molecular weight excluding hydrogens is 242 g/mol. The van der Waals surface area contributed by atoms with Gasteiger partial charge in [0.05, 0.1) is 20.8 Å². The second-order valence-electron chi connectivity index (χ2n) is 4.67. The third-order valence-electron chi connectivity index (χ3n) is 2.78. The average Bonchev–Trinajstić information content (AvgIpc) is 2.45. The Morgan fingerprint density at radius 3 is 2.16 bits per heavy atom. The van der Waals surface area contributed by atoms with Crippen LogP contribution in [0.5, 0.6) is 17.2 Å². The first-order chi connectivity index (χ1) is 9.19. The third kappa shape index (κ3) is 5.83. The topological polar surface area (TPSA) is 39.7 Å². The van der Waals surface area contributed by atoms with E-state index in [1.807, 2.05) is 18.2 Å². The quantitative estimate of drug-likeness (QED) is 0.698. The van der Waals surface area contributed by atoms with Gasteiger partial charge in [-0.3, -0.25) is 0 Å². The fourth-order valence-corrected chi connectivity index (χ4v) is 1.69. The van der Waals surface area contributed by atoms with E-state index in [9.17, 15) is 0 Å². The zero-order chi connectivity index (χ0) is 14.1. The molecule has 19 heavy (non-hydrogen) atoms. The summed E-state index contributed by atoms with van der Waals surface area (Å²) >= 11 is 0. The molecule has 0 aliphatic carbocycles. The van der Waals surface area contributed by atoms with Crippen LogP contribution < -0.4 is 19.5 Å². The highest BCUT2D eigenvalue weighted by molar-refractivity contribution is 5.41. The van der Waals surface area contributed by atoms with E-state index in [0.717, 1.165) is 36.8 Å². The molecule has 1 N–H and O–H groups in total. The van der Waals surface area contributed by atoms with Gasteiger partial charge in [-0.1, -0.05) is 13.8 Å². The highest BCUT2D eigenvalue weighted by Crippen LogP contribution is 2.27. The maximum atomic E-state index is 5.78. The molecular formula is C15H25NO3. The van der Waals surface area contributed by atoms with Crippen molar-refractivity contribution in [3.8, 4) is 17.2 Å². The van der Waals surface area contributed by atoms with Gasteiger partial charge in [-0.2, -0.15) is 0 Å². The van der Waals surface area contributed by atoms with Crippen LogP contribution in [0.15, 0.2) is 18.2 Å². The maximum absolute atomic E-state index is 5.78. The van der Waals surface area contributed by atoms with E-state index in [1.165, 1.54) is 0 Å². The Labute approximate surface area is 116 Å². The lowest BCUT2D eigenvalue weighted by Crippen LogP contribution is -2.25. The molecule has 4 heteroatoms. The molecule has 0 amide bonds. The van der Waals surface area contributed by atoms with Crippen LogP contribution in [0.1, 0.15) is 20.3 Å². The monoisotopic (exact) mass is 267 g/mol. The van der Waals surface area contributed by atoms with Crippen molar-refractivity contribution in [3.63, 3.8) is 0 Å². The van der Waals surface area contributed by atoms with Crippen LogP contribution in [0.2, 0.25) is 0 Å². The normalized spacial score (nSPS) is 12.0. The van der Waals surface area contributed by atoms with E-state index in [1.54, 1.807) is 14.2 Å².